The van der Waals surface area contributed by atoms with Crippen LogP contribution < -0.4 is 0 Å². The molecule has 0 radical (unpaired) electrons. The Hall–Kier alpha value is -1.65. The van der Waals surface area contributed by atoms with Crippen LogP contribution in [-0.2, 0) is 0 Å². The molecule has 0 saturated carbocycles. The topological polar surface area (TPSA) is 26.0 Å². The van der Waals surface area contributed by atoms with Gasteiger partial charge in [-0.1, -0.05) is 73.3 Å². The third kappa shape index (κ3) is 4.21. The van der Waals surface area contributed by atoms with Crippen LogP contribution in [0.1, 0.15) is 19.4 Å². The molecule has 0 bridgehead atoms. The Balaban J connectivity index is 1.93. The summed E-state index contributed by atoms with van der Waals surface area (Å²) in [6.45, 7) is 6.42. The van der Waals surface area contributed by atoms with E-state index in [0.717, 1.165) is 15.7 Å². The molecule has 0 atom stereocenters. The molecule has 23 heavy (non-hydrogen) atoms. The van der Waals surface area contributed by atoms with Crippen molar-refractivity contribution >= 4 is 23.5 Å². The number of rotatable bonds is 5. The molecule has 0 fully saturated rings. The van der Waals surface area contributed by atoms with Gasteiger partial charge in [0.1, 0.15) is 0 Å². The number of hydrogen-bond donors (Lipinski definition) is 0. The molecule has 0 aliphatic rings. The molecular weight excluding hydrogens is 322 g/mol. The fourth-order valence-electron chi connectivity index (χ4n) is 2.07. The summed E-state index contributed by atoms with van der Waals surface area (Å²) in [5.74, 6) is 0.684. The lowest BCUT2D eigenvalue weighted by molar-refractivity contribution is 0.473. The SMILES string of the molecule is Cc1ccc(Sc2nc(-c3ccccc3)oc2SC(C)C)cc1. The molecule has 2 nitrogen and oxygen atoms in total. The van der Waals surface area contributed by atoms with E-state index in [-0.39, 0.29) is 0 Å². The van der Waals surface area contributed by atoms with Crippen molar-refractivity contribution in [3.8, 4) is 11.5 Å². The van der Waals surface area contributed by atoms with Crippen LogP contribution in [-0.4, -0.2) is 10.2 Å². The Morgan fingerprint density at radius 2 is 1.65 bits per heavy atom. The summed E-state index contributed by atoms with van der Waals surface area (Å²) in [6, 6.07) is 18.5. The second-order valence-corrected chi connectivity index (χ2v) is 8.17. The molecule has 1 aromatic heterocycles. The lowest BCUT2D eigenvalue weighted by Crippen LogP contribution is -1.85. The van der Waals surface area contributed by atoms with Gasteiger partial charge in [0.25, 0.3) is 0 Å². The lowest BCUT2D eigenvalue weighted by atomic mass is 10.2. The fourth-order valence-corrected chi connectivity index (χ4v) is 3.79. The van der Waals surface area contributed by atoms with E-state index in [0.29, 0.717) is 11.1 Å². The van der Waals surface area contributed by atoms with Gasteiger partial charge in [-0.15, -0.1) is 0 Å². The van der Waals surface area contributed by atoms with Crippen LogP contribution >= 0.6 is 23.5 Å². The molecule has 3 aromatic rings. The van der Waals surface area contributed by atoms with Gasteiger partial charge in [0.15, 0.2) is 10.1 Å². The van der Waals surface area contributed by atoms with Gasteiger partial charge in [-0.05, 0) is 31.2 Å². The zero-order valence-corrected chi connectivity index (χ0v) is 15.1. The maximum atomic E-state index is 6.04. The van der Waals surface area contributed by atoms with Gasteiger partial charge in [-0.2, -0.15) is 0 Å². The standard InChI is InChI=1S/C19H19NOS2/c1-13(2)22-19-18(23-16-11-9-14(3)10-12-16)20-17(21-19)15-7-5-4-6-8-15/h4-13H,1-3H3. The second kappa shape index (κ2) is 7.28. The van der Waals surface area contributed by atoms with Gasteiger partial charge >= 0.3 is 0 Å². The highest BCUT2D eigenvalue weighted by Crippen LogP contribution is 2.39. The van der Waals surface area contributed by atoms with E-state index >= 15 is 0 Å². The Labute approximate surface area is 145 Å². The molecule has 0 spiro atoms. The van der Waals surface area contributed by atoms with Crippen LogP contribution in [0.4, 0.5) is 0 Å². The van der Waals surface area contributed by atoms with E-state index < -0.39 is 0 Å². The van der Waals surface area contributed by atoms with E-state index in [9.17, 15) is 0 Å². The van der Waals surface area contributed by atoms with Gasteiger partial charge in [0.2, 0.25) is 5.89 Å². The molecule has 0 amide bonds. The fraction of sp³-hybridized carbons (Fsp3) is 0.211. The van der Waals surface area contributed by atoms with Crippen molar-refractivity contribution in [2.24, 2.45) is 0 Å². The highest BCUT2D eigenvalue weighted by molar-refractivity contribution is 8.02. The average Bonchev–Trinajstić information content (AvgIpc) is 2.92. The van der Waals surface area contributed by atoms with Crippen LogP contribution in [0.25, 0.3) is 11.5 Å². The van der Waals surface area contributed by atoms with E-state index in [1.165, 1.54) is 10.5 Å². The molecular formula is C19H19NOS2. The van der Waals surface area contributed by atoms with E-state index in [1.807, 2.05) is 30.3 Å². The number of hydrogen-bond acceptors (Lipinski definition) is 4. The number of aromatic nitrogens is 1. The van der Waals surface area contributed by atoms with Crippen LogP contribution in [0.15, 0.2) is 74.0 Å². The first kappa shape index (κ1) is 16.2. The number of aryl methyl sites for hydroxylation is 1. The monoisotopic (exact) mass is 341 g/mol. The van der Waals surface area contributed by atoms with Crippen molar-refractivity contribution in [1.29, 1.82) is 0 Å². The Kier molecular flexibility index (Phi) is 5.13. The predicted octanol–water partition coefficient (Wildman–Crippen LogP) is 6.30. The normalized spacial score (nSPS) is 11.1. The molecule has 0 aliphatic carbocycles. The molecule has 0 unspecified atom stereocenters. The molecule has 2 aromatic carbocycles. The molecule has 0 aliphatic heterocycles. The van der Waals surface area contributed by atoms with Crippen molar-refractivity contribution in [1.82, 2.24) is 4.98 Å². The zero-order chi connectivity index (χ0) is 16.2. The van der Waals surface area contributed by atoms with E-state index in [1.54, 1.807) is 23.5 Å². The summed E-state index contributed by atoms with van der Waals surface area (Å²) in [5, 5.41) is 2.28. The Morgan fingerprint density at radius 3 is 2.30 bits per heavy atom. The first-order chi connectivity index (χ1) is 11.1. The Morgan fingerprint density at radius 1 is 0.957 bits per heavy atom. The minimum Gasteiger partial charge on any atom is -0.429 e. The molecule has 118 valence electrons. The first-order valence-corrected chi connectivity index (χ1v) is 9.29. The molecule has 1 heterocycles. The van der Waals surface area contributed by atoms with Crippen molar-refractivity contribution in [2.75, 3.05) is 0 Å². The average molecular weight is 342 g/mol. The second-order valence-electron chi connectivity index (χ2n) is 5.56. The highest BCUT2D eigenvalue weighted by Gasteiger charge is 2.17. The van der Waals surface area contributed by atoms with Crippen molar-refractivity contribution < 1.29 is 4.42 Å². The summed E-state index contributed by atoms with van der Waals surface area (Å²) in [4.78, 5) is 5.90. The molecule has 4 heteroatoms. The van der Waals surface area contributed by atoms with Crippen molar-refractivity contribution in [3.63, 3.8) is 0 Å². The summed E-state index contributed by atoms with van der Waals surface area (Å²) < 4.78 is 6.04. The largest absolute Gasteiger partial charge is 0.429 e. The van der Waals surface area contributed by atoms with E-state index in [2.05, 4.69) is 45.0 Å². The smallest absolute Gasteiger partial charge is 0.228 e. The van der Waals surface area contributed by atoms with Gasteiger partial charge < -0.3 is 4.42 Å². The van der Waals surface area contributed by atoms with Crippen LogP contribution in [0.3, 0.4) is 0 Å². The van der Waals surface area contributed by atoms with E-state index in [4.69, 9.17) is 9.40 Å². The highest BCUT2D eigenvalue weighted by atomic mass is 32.2. The van der Waals surface area contributed by atoms with Gasteiger partial charge in [0.05, 0.1) is 0 Å². The first-order valence-electron chi connectivity index (χ1n) is 7.59. The number of nitrogens with zero attached hydrogens (tertiary/aromatic N) is 1. The lowest BCUT2D eigenvalue weighted by Gasteiger charge is -2.03. The van der Waals surface area contributed by atoms with Gasteiger partial charge in [-0.25, -0.2) is 4.98 Å². The van der Waals surface area contributed by atoms with Gasteiger partial charge in [-0.3, -0.25) is 0 Å². The minimum atomic E-state index is 0.448. The predicted molar refractivity (Wildman–Crippen MR) is 98.2 cm³/mol. The molecule has 3 rings (SSSR count). The number of oxazole rings is 1. The quantitative estimate of drug-likeness (QED) is 0.508. The summed E-state index contributed by atoms with van der Waals surface area (Å²) in [6.07, 6.45) is 0. The molecule has 0 N–H and O–H groups in total. The van der Waals surface area contributed by atoms with Crippen LogP contribution in [0, 0.1) is 6.92 Å². The third-order valence-corrected chi connectivity index (χ3v) is 5.24. The molecule has 0 saturated heterocycles. The summed E-state index contributed by atoms with van der Waals surface area (Å²) in [5.41, 5.74) is 2.27. The number of thioether (sulfide) groups is 1. The Bertz CT molecular complexity index is 764. The summed E-state index contributed by atoms with van der Waals surface area (Å²) >= 11 is 3.37. The van der Waals surface area contributed by atoms with Crippen LogP contribution in [0.5, 0.6) is 0 Å². The zero-order valence-electron chi connectivity index (χ0n) is 13.4. The van der Waals surface area contributed by atoms with Gasteiger partial charge in [0, 0.05) is 15.7 Å². The number of benzene rings is 2. The van der Waals surface area contributed by atoms with Crippen LogP contribution in [0.2, 0.25) is 0 Å². The maximum Gasteiger partial charge on any atom is 0.228 e. The van der Waals surface area contributed by atoms with Crippen molar-refractivity contribution in [3.05, 3.63) is 60.2 Å². The summed E-state index contributed by atoms with van der Waals surface area (Å²) in [7, 11) is 0. The minimum absolute atomic E-state index is 0.448. The van der Waals surface area contributed by atoms with Crippen molar-refractivity contribution in [2.45, 2.75) is 41.0 Å². The maximum absolute atomic E-state index is 6.04. The third-order valence-electron chi connectivity index (χ3n) is 3.17.